The van der Waals surface area contributed by atoms with Crippen molar-refractivity contribution in [2.45, 2.75) is 20.8 Å². The van der Waals surface area contributed by atoms with Gasteiger partial charge in [-0.05, 0) is 35.8 Å². The standard InChI is InChI=1S/C11H11I/c1-8-6-9(2)11(4-5-12)10(3)7-8/h6-7H,1-3H3. The van der Waals surface area contributed by atoms with Crippen LogP contribution >= 0.6 is 22.6 Å². The van der Waals surface area contributed by atoms with Crippen LogP contribution in [0.4, 0.5) is 0 Å². The summed E-state index contributed by atoms with van der Waals surface area (Å²) in [6.07, 6.45) is 0. The van der Waals surface area contributed by atoms with E-state index in [0.29, 0.717) is 0 Å². The van der Waals surface area contributed by atoms with Gasteiger partial charge in [0.2, 0.25) is 0 Å². The van der Waals surface area contributed by atoms with Gasteiger partial charge in [0.25, 0.3) is 0 Å². The maximum absolute atomic E-state index is 3.11. The SMILES string of the molecule is Cc1cc(C)c(C#CI)c(C)c1. The minimum atomic E-state index is 1.18. The number of hydrogen-bond donors (Lipinski definition) is 0. The zero-order valence-corrected chi connectivity index (χ0v) is 9.69. The lowest BCUT2D eigenvalue weighted by atomic mass is 10.0. The highest BCUT2D eigenvalue weighted by Gasteiger charge is 1.99. The van der Waals surface area contributed by atoms with Crippen LogP contribution in [-0.2, 0) is 0 Å². The maximum Gasteiger partial charge on any atom is 0.0312 e. The molecule has 1 rings (SSSR count). The second-order valence-corrected chi connectivity index (χ2v) is 3.53. The first kappa shape index (κ1) is 9.60. The summed E-state index contributed by atoms with van der Waals surface area (Å²) in [5.41, 5.74) is 5.03. The van der Waals surface area contributed by atoms with Gasteiger partial charge in [-0.3, -0.25) is 0 Å². The molecular formula is C11H11I. The Labute approximate surface area is 87.5 Å². The normalized spacial score (nSPS) is 9.00. The van der Waals surface area contributed by atoms with Gasteiger partial charge in [0.1, 0.15) is 0 Å². The maximum atomic E-state index is 3.11. The molecule has 1 heteroatoms. The van der Waals surface area contributed by atoms with Gasteiger partial charge in [0, 0.05) is 28.2 Å². The molecule has 0 aliphatic rings. The van der Waals surface area contributed by atoms with Gasteiger partial charge >= 0.3 is 0 Å². The molecule has 0 aromatic heterocycles. The molecule has 62 valence electrons. The zero-order valence-electron chi connectivity index (χ0n) is 7.53. The van der Waals surface area contributed by atoms with Crippen molar-refractivity contribution in [3.05, 3.63) is 34.4 Å². The van der Waals surface area contributed by atoms with Crippen molar-refractivity contribution >= 4 is 22.6 Å². The zero-order chi connectivity index (χ0) is 9.14. The molecule has 12 heavy (non-hydrogen) atoms. The number of aryl methyl sites for hydroxylation is 3. The summed E-state index contributed by atoms with van der Waals surface area (Å²) in [7, 11) is 0. The number of rotatable bonds is 0. The van der Waals surface area contributed by atoms with Gasteiger partial charge < -0.3 is 0 Å². The largest absolute Gasteiger partial charge is 0.0551 e. The lowest BCUT2D eigenvalue weighted by molar-refractivity contribution is 1.30. The second-order valence-electron chi connectivity index (χ2n) is 2.99. The molecule has 0 atom stereocenters. The van der Waals surface area contributed by atoms with Crippen LogP contribution < -0.4 is 0 Å². The third-order valence-electron chi connectivity index (χ3n) is 1.85. The highest BCUT2D eigenvalue weighted by atomic mass is 127. The van der Waals surface area contributed by atoms with Gasteiger partial charge in [-0.15, -0.1) is 0 Å². The monoisotopic (exact) mass is 270 g/mol. The first-order valence-corrected chi connectivity index (χ1v) is 4.92. The molecule has 0 radical (unpaired) electrons. The molecule has 0 spiro atoms. The third kappa shape index (κ3) is 2.01. The molecule has 0 nitrogen and oxygen atoms in total. The van der Waals surface area contributed by atoms with Gasteiger partial charge in [-0.25, -0.2) is 0 Å². The van der Waals surface area contributed by atoms with Crippen LogP contribution in [0.1, 0.15) is 22.3 Å². The van der Waals surface area contributed by atoms with Gasteiger partial charge in [0.05, 0.1) is 0 Å². The van der Waals surface area contributed by atoms with Gasteiger partial charge in [-0.2, -0.15) is 0 Å². The molecule has 1 aromatic rings. The van der Waals surface area contributed by atoms with E-state index in [1.165, 1.54) is 22.3 Å². The van der Waals surface area contributed by atoms with E-state index >= 15 is 0 Å². The summed E-state index contributed by atoms with van der Waals surface area (Å²) in [5.74, 6) is 3.11. The van der Waals surface area contributed by atoms with Gasteiger partial charge in [0.15, 0.2) is 0 Å². The van der Waals surface area contributed by atoms with Crippen molar-refractivity contribution in [3.8, 4) is 9.85 Å². The Morgan fingerprint density at radius 1 is 1.08 bits per heavy atom. The molecule has 0 unspecified atom stereocenters. The molecule has 0 N–H and O–H groups in total. The predicted molar refractivity (Wildman–Crippen MR) is 61.6 cm³/mol. The summed E-state index contributed by atoms with van der Waals surface area (Å²) in [6, 6.07) is 4.34. The smallest absolute Gasteiger partial charge is 0.0312 e. The Kier molecular flexibility index (Phi) is 3.16. The molecule has 0 saturated carbocycles. The fraction of sp³-hybridized carbons (Fsp3) is 0.273. The minimum Gasteiger partial charge on any atom is -0.0551 e. The number of benzene rings is 1. The summed E-state index contributed by atoms with van der Waals surface area (Å²) >= 11 is 2.07. The van der Waals surface area contributed by atoms with E-state index in [4.69, 9.17) is 0 Å². The molecule has 1 aromatic carbocycles. The van der Waals surface area contributed by atoms with Crippen LogP contribution in [0.15, 0.2) is 12.1 Å². The Hall–Kier alpha value is -0.490. The fourth-order valence-corrected chi connectivity index (χ4v) is 1.69. The van der Waals surface area contributed by atoms with E-state index in [1.807, 2.05) is 0 Å². The van der Waals surface area contributed by atoms with Crippen LogP contribution in [0.3, 0.4) is 0 Å². The van der Waals surface area contributed by atoms with E-state index in [1.54, 1.807) is 0 Å². The molecular weight excluding hydrogens is 259 g/mol. The summed E-state index contributed by atoms with van der Waals surface area (Å²) in [6.45, 7) is 6.33. The molecule has 0 bridgehead atoms. The Morgan fingerprint density at radius 3 is 2.00 bits per heavy atom. The van der Waals surface area contributed by atoms with Crippen molar-refractivity contribution in [1.29, 1.82) is 0 Å². The molecule has 0 aliphatic carbocycles. The van der Waals surface area contributed by atoms with Crippen molar-refractivity contribution in [3.63, 3.8) is 0 Å². The first-order chi connectivity index (χ1) is 5.65. The molecule has 0 aliphatic heterocycles. The van der Waals surface area contributed by atoms with Crippen molar-refractivity contribution < 1.29 is 0 Å². The fourth-order valence-electron chi connectivity index (χ4n) is 1.42. The van der Waals surface area contributed by atoms with Crippen LogP contribution in [0.25, 0.3) is 0 Å². The minimum absolute atomic E-state index is 1.18. The molecule has 0 saturated heterocycles. The lowest BCUT2D eigenvalue weighted by Gasteiger charge is -2.04. The van der Waals surface area contributed by atoms with Crippen LogP contribution in [0.5, 0.6) is 0 Å². The highest BCUT2D eigenvalue weighted by molar-refractivity contribution is 14.1. The van der Waals surface area contributed by atoms with E-state index in [-0.39, 0.29) is 0 Å². The molecule has 0 heterocycles. The van der Waals surface area contributed by atoms with Crippen LogP contribution in [-0.4, -0.2) is 0 Å². The average Bonchev–Trinajstić information content (AvgIpc) is 1.96. The summed E-state index contributed by atoms with van der Waals surface area (Å²) < 4.78 is 2.91. The Balaban J connectivity index is 3.34. The second kappa shape index (κ2) is 3.95. The Bertz CT molecular complexity index is 330. The summed E-state index contributed by atoms with van der Waals surface area (Å²) in [4.78, 5) is 0. The van der Waals surface area contributed by atoms with Crippen LogP contribution in [0.2, 0.25) is 0 Å². The summed E-state index contributed by atoms with van der Waals surface area (Å²) in [5, 5.41) is 0. The molecule has 0 fully saturated rings. The van der Waals surface area contributed by atoms with E-state index < -0.39 is 0 Å². The van der Waals surface area contributed by atoms with E-state index in [0.717, 1.165) is 0 Å². The quantitative estimate of drug-likeness (QED) is 0.501. The lowest BCUT2D eigenvalue weighted by Crippen LogP contribution is -1.88. The average molecular weight is 270 g/mol. The predicted octanol–water partition coefficient (Wildman–Crippen LogP) is 3.36. The number of hydrogen-bond acceptors (Lipinski definition) is 0. The van der Waals surface area contributed by atoms with Crippen molar-refractivity contribution in [2.75, 3.05) is 0 Å². The van der Waals surface area contributed by atoms with Crippen LogP contribution in [0, 0.1) is 30.6 Å². The van der Waals surface area contributed by atoms with Crippen molar-refractivity contribution in [2.24, 2.45) is 0 Å². The van der Waals surface area contributed by atoms with E-state index in [2.05, 4.69) is 65.3 Å². The van der Waals surface area contributed by atoms with Crippen molar-refractivity contribution in [1.82, 2.24) is 0 Å². The Morgan fingerprint density at radius 2 is 1.58 bits per heavy atom. The van der Waals surface area contributed by atoms with Gasteiger partial charge in [-0.1, -0.05) is 23.6 Å². The van der Waals surface area contributed by atoms with E-state index in [9.17, 15) is 0 Å². The number of halogens is 1. The highest BCUT2D eigenvalue weighted by Crippen LogP contribution is 2.14. The molecule has 0 amide bonds. The topological polar surface area (TPSA) is 0 Å². The third-order valence-corrected chi connectivity index (χ3v) is 2.12. The first-order valence-electron chi connectivity index (χ1n) is 3.84.